The molecule has 0 amide bonds. The maximum atomic E-state index is 7.72. The zero-order valence-electron chi connectivity index (χ0n) is 2.94. The first-order chi connectivity index (χ1) is 2.00. The Morgan fingerprint density at radius 2 is 1.20 bits per heavy atom. The summed E-state index contributed by atoms with van der Waals surface area (Å²) >= 11 is 3.39. The fourth-order valence-corrected chi connectivity index (χ4v) is 0. The Morgan fingerprint density at radius 1 is 1.20 bits per heavy atom. The van der Waals surface area contributed by atoms with Crippen molar-refractivity contribution in [2.75, 3.05) is 0 Å². The van der Waals surface area contributed by atoms with E-state index in [4.69, 9.17) is 4.66 Å². The van der Waals surface area contributed by atoms with E-state index in [0.717, 1.165) is 0 Å². The van der Waals surface area contributed by atoms with E-state index < -0.39 is 0 Å². The van der Waals surface area contributed by atoms with E-state index in [1.165, 1.54) is 0 Å². The molecule has 0 fully saturated rings. The van der Waals surface area contributed by atoms with E-state index in [-0.39, 0.29) is 29.6 Å². The van der Waals surface area contributed by atoms with E-state index in [1.54, 1.807) is 0 Å². The van der Waals surface area contributed by atoms with Crippen LogP contribution in [0, 0.1) is 12.8 Å². The van der Waals surface area contributed by atoms with Crippen LogP contribution in [0.5, 0.6) is 0 Å². The molecule has 0 bridgehead atoms. The Bertz CT molecular complexity index is 14.4. The van der Waals surface area contributed by atoms with Gasteiger partial charge in [-0.15, -0.1) is 12.8 Å². The Morgan fingerprint density at radius 3 is 1.20 bits per heavy atom. The van der Waals surface area contributed by atoms with Crippen LogP contribution in [0.3, 0.4) is 0 Å². The number of halogens is 1. The molecule has 0 aromatic heterocycles. The van der Waals surface area contributed by atoms with Crippen molar-refractivity contribution in [2.45, 2.75) is 0 Å². The third-order valence-corrected chi connectivity index (χ3v) is 0. The minimum absolute atomic E-state index is 0. The molecule has 0 aromatic carbocycles. The van der Waals surface area contributed by atoms with Gasteiger partial charge in [0.2, 0.25) is 0 Å². The van der Waals surface area contributed by atoms with Gasteiger partial charge >= 0.3 is 29.6 Å². The molecule has 0 aromatic rings. The molecule has 0 unspecified atom stereocenters. The maximum absolute atomic E-state index is 7.72. The summed E-state index contributed by atoms with van der Waals surface area (Å²) in [5, 5.41) is 0. The molecule has 24 valence electrons. The quantitative estimate of drug-likeness (QED) is 0.232. The van der Waals surface area contributed by atoms with Crippen LogP contribution in [0.2, 0.25) is 0 Å². The van der Waals surface area contributed by atoms with Gasteiger partial charge in [-0.1, -0.05) is 0 Å². The van der Waals surface area contributed by atoms with E-state index >= 15 is 0 Å². The molecule has 0 spiro atoms. The molecule has 3 heteroatoms. The monoisotopic (exact) mass is 100.0 g/mol. The molecule has 0 aliphatic heterocycles. The van der Waals surface area contributed by atoms with Crippen molar-refractivity contribution in [1.82, 2.24) is 0 Å². The first kappa shape index (κ1) is 17.0. The van der Waals surface area contributed by atoms with Crippen molar-refractivity contribution in [3.8, 4) is 12.8 Å². The molecule has 0 radical (unpaired) electrons. The third kappa shape index (κ3) is 57.9. The summed E-state index contributed by atoms with van der Waals surface area (Å²) in [6.07, 6.45) is 8.00. The van der Waals surface area contributed by atoms with Gasteiger partial charge in [-0.3, -0.25) is 0 Å². The van der Waals surface area contributed by atoms with Crippen LogP contribution in [-0.2, 0) is 0 Å². The first-order valence-corrected chi connectivity index (χ1v) is 0.796. The van der Waals surface area contributed by atoms with Crippen LogP contribution in [-0.4, -0.2) is 0 Å². The largest absolute Gasteiger partial charge is 1.00 e. The molecular weight excluding hydrogens is 98.5 g/mol. The van der Waals surface area contributed by atoms with E-state index in [2.05, 4.69) is 24.7 Å². The molecule has 0 saturated carbocycles. The predicted octanol–water partition coefficient (Wildman–Crippen LogP) is -3.25. The fraction of sp³-hybridized carbons (Fsp3) is 0. The zero-order valence-corrected chi connectivity index (χ0v) is 5.70. The van der Waals surface area contributed by atoms with E-state index in [0.29, 0.717) is 0 Å². The Labute approximate surface area is 58.8 Å². The van der Waals surface area contributed by atoms with Crippen LogP contribution in [0.15, 0.2) is 0 Å². The summed E-state index contributed by atoms with van der Waals surface area (Å²) in [5.74, 6) is 0. The summed E-state index contributed by atoms with van der Waals surface area (Å²) in [7, 11) is 0. The van der Waals surface area contributed by atoms with Crippen LogP contribution in [0.25, 0.3) is 0 Å². The maximum Gasteiger partial charge on any atom is 1.00 e. The molecule has 5 heavy (non-hydrogen) atoms. The minimum atomic E-state index is 0. The van der Waals surface area contributed by atoms with Crippen LogP contribution >= 0.6 is 11.9 Å². The molecule has 0 aliphatic carbocycles. The van der Waals surface area contributed by atoms with Gasteiger partial charge in [0, 0.05) is 0 Å². The summed E-state index contributed by atoms with van der Waals surface area (Å²) in [5.41, 5.74) is 0. The topological polar surface area (TPSA) is 23.1 Å². The van der Waals surface area contributed by atoms with Crippen molar-refractivity contribution >= 4 is 11.9 Å². The van der Waals surface area contributed by atoms with Gasteiger partial charge in [-0.05, 0) is 0 Å². The smallest absolute Gasteiger partial charge is 0.769 e. The van der Waals surface area contributed by atoms with Gasteiger partial charge in [0.1, 0.15) is 0 Å². The Hall–Kier alpha value is 0.810. The second kappa shape index (κ2) is 106. The standard InChI is InChI=1S/C2H2.ClO.Na/c2*1-2;/h1-2H;;/q;-1;+1. The van der Waals surface area contributed by atoms with Crippen LogP contribution in [0.4, 0.5) is 0 Å². The second-order valence-electron chi connectivity index (χ2n) is 0. The van der Waals surface area contributed by atoms with Gasteiger partial charge in [-0.2, -0.15) is 0 Å². The number of rotatable bonds is 0. The summed E-state index contributed by atoms with van der Waals surface area (Å²) in [6.45, 7) is 0. The average Bonchev–Trinajstić information content (AvgIpc) is 1.50. The summed E-state index contributed by atoms with van der Waals surface area (Å²) in [4.78, 5) is 0. The second-order valence-corrected chi connectivity index (χ2v) is 0. The number of hydrogen-bond donors (Lipinski definition) is 0. The molecule has 0 heterocycles. The third-order valence-electron chi connectivity index (χ3n) is 0. The SMILES string of the molecule is C#C.[Na+].[O-]Cl. The van der Waals surface area contributed by atoms with Crippen LogP contribution in [0.1, 0.15) is 0 Å². The normalized spacial score (nSPS) is 1.60. The van der Waals surface area contributed by atoms with Crippen molar-refractivity contribution in [1.29, 1.82) is 0 Å². The first-order valence-electron chi connectivity index (χ1n) is 0.488. The van der Waals surface area contributed by atoms with E-state index in [1.807, 2.05) is 0 Å². The van der Waals surface area contributed by atoms with Crippen molar-refractivity contribution in [2.24, 2.45) is 0 Å². The predicted molar refractivity (Wildman–Crippen MR) is 15.7 cm³/mol. The zero-order chi connectivity index (χ0) is 4.00. The Kier molecular flexibility index (Phi) is 362. The van der Waals surface area contributed by atoms with Crippen molar-refractivity contribution < 1.29 is 34.2 Å². The van der Waals surface area contributed by atoms with Gasteiger partial charge in [0.05, 0.1) is 0 Å². The molecule has 0 rings (SSSR count). The molecule has 1 nitrogen and oxygen atoms in total. The molecule has 0 atom stereocenters. The summed E-state index contributed by atoms with van der Waals surface area (Å²) in [6, 6.07) is 0. The van der Waals surface area contributed by atoms with Gasteiger partial charge in [0.15, 0.2) is 0 Å². The molecule has 0 aliphatic rings. The minimum Gasteiger partial charge on any atom is -0.769 e. The number of hydrogen-bond acceptors (Lipinski definition) is 1. The van der Waals surface area contributed by atoms with Gasteiger partial charge in [-0.25, -0.2) is 11.9 Å². The fourth-order valence-electron chi connectivity index (χ4n) is 0. The average molecular weight is 100 g/mol. The molecule has 0 N–H and O–H groups in total. The van der Waals surface area contributed by atoms with E-state index in [9.17, 15) is 0 Å². The molecular formula is C2H2ClNaO. The van der Waals surface area contributed by atoms with Crippen molar-refractivity contribution in [3.05, 3.63) is 0 Å². The summed E-state index contributed by atoms with van der Waals surface area (Å²) < 4.78 is 7.72. The van der Waals surface area contributed by atoms with Gasteiger partial charge < -0.3 is 4.66 Å². The molecule has 0 saturated heterocycles. The van der Waals surface area contributed by atoms with Gasteiger partial charge in [0.25, 0.3) is 0 Å². The van der Waals surface area contributed by atoms with Crippen LogP contribution < -0.4 is 34.2 Å². The van der Waals surface area contributed by atoms with Crippen molar-refractivity contribution in [3.63, 3.8) is 0 Å². The number of terminal acetylenes is 1. The Balaban J connectivity index is -0.0000000133.